The zero-order valence-electron chi connectivity index (χ0n) is 14.7. The van der Waals surface area contributed by atoms with Crippen LogP contribution in [0.5, 0.6) is 0 Å². The largest absolute Gasteiger partial charge is 0.343 e. The predicted molar refractivity (Wildman–Crippen MR) is 102 cm³/mol. The predicted octanol–water partition coefficient (Wildman–Crippen LogP) is 2.21. The Bertz CT molecular complexity index is 1000. The number of hydrogen-bond donors (Lipinski definition) is 2. The average molecular weight is 379 g/mol. The van der Waals surface area contributed by atoms with E-state index in [9.17, 15) is 19.7 Å². The van der Waals surface area contributed by atoms with Crippen molar-refractivity contribution in [3.8, 4) is 0 Å². The van der Waals surface area contributed by atoms with Gasteiger partial charge in [-0.25, -0.2) is 0 Å². The number of aromatic nitrogens is 2. The molecule has 3 rings (SSSR count). The van der Waals surface area contributed by atoms with Crippen molar-refractivity contribution < 1.29 is 14.5 Å². The van der Waals surface area contributed by atoms with E-state index < -0.39 is 16.7 Å². The van der Waals surface area contributed by atoms with E-state index in [2.05, 4.69) is 15.7 Å². The first-order valence-electron chi connectivity index (χ1n) is 8.40. The number of nitrogens with one attached hydrogen (secondary N) is 2. The molecule has 9 heteroatoms. The van der Waals surface area contributed by atoms with Crippen LogP contribution in [0.1, 0.15) is 15.9 Å². The molecule has 0 unspecified atom stereocenters. The van der Waals surface area contributed by atoms with Crippen LogP contribution in [0.2, 0.25) is 0 Å². The molecule has 142 valence electrons. The Kier molecular flexibility index (Phi) is 5.75. The highest BCUT2D eigenvalue weighted by molar-refractivity contribution is 5.99. The van der Waals surface area contributed by atoms with Gasteiger partial charge in [-0.1, -0.05) is 36.4 Å². The van der Waals surface area contributed by atoms with Gasteiger partial charge < -0.3 is 10.6 Å². The molecule has 0 aliphatic heterocycles. The van der Waals surface area contributed by atoms with Gasteiger partial charge in [-0.3, -0.25) is 24.4 Å². The molecule has 2 N–H and O–H groups in total. The Labute approximate surface area is 160 Å². The van der Waals surface area contributed by atoms with Crippen molar-refractivity contribution in [2.75, 3.05) is 11.9 Å². The molecule has 0 fully saturated rings. The minimum Gasteiger partial charge on any atom is -0.343 e. The first-order valence-corrected chi connectivity index (χ1v) is 8.40. The fourth-order valence-electron chi connectivity index (χ4n) is 2.51. The Morgan fingerprint density at radius 1 is 1.11 bits per heavy atom. The van der Waals surface area contributed by atoms with E-state index in [1.54, 1.807) is 10.9 Å². The zero-order valence-corrected chi connectivity index (χ0v) is 14.7. The number of benzene rings is 2. The van der Waals surface area contributed by atoms with E-state index in [1.165, 1.54) is 24.4 Å². The first-order chi connectivity index (χ1) is 13.5. The smallest absolute Gasteiger partial charge is 0.270 e. The van der Waals surface area contributed by atoms with E-state index in [-0.39, 0.29) is 17.8 Å². The molecular weight excluding hydrogens is 362 g/mol. The molecule has 0 atom stereocenters. The Balaban J connectivity index is 1.51. The molecular formula is C19H17N5O4. The van der Waals surface area contributed by atoms with Gasteiger partial charge in [0.2, 0.25) is 5.91 Å². The van der Waals surface area contributed by atoms with Crippen molar-refractivity contribution >= 4 is 23.2 Å². The normalized spacial score (nSPS) is 10.3. The standard InChI is InChI=1S/C19H17N5O4/c25-18(11-20-19(26)15-7-4-8-17(9-15)24(27)28)22-16-10-21-23(13-16)12-14-5-2-1-3-6-14/h1-10,13H,11-12H2,(H,20,26)(H,22,25). The minimum absolute atomic E-state index is 0.109. The lowest BCUT2D eigenvalue weighted by Crippen LogP contribution is -2.32. The van der Waals surface area contributed by atoms with E-state index in [4.69, 9.17) is 0 Å². The third-order valence-electron chi connectivity index (χ3n) is 3.83. The van der Waals surface area contributed by atoms with Crippen molar-refractivity contribution in [3.63, 3.8) is 0 Å². The summed E-state index contributed by atoms with van der Waals surface area (Å²) in [6.07, 6.45) is 3.20. The topological polar surface area (TPSA) is 119 Å². The van der Waals surface area contributed by atoms with Crippen molar-refractivity contribution in [1.82, 2.24) is 15.1 Å². The number of nitro benzene ring substituents is 1. The first kappa shape index (κ1) is 18.8. The number of non-ortho nitro benzene ring substituents is 1. The molecule has 9 nitrogen and oxygen atoms in total. The molecule has 3 aromatic rings. The molecule has 2 amide bonds. The number of rotatable bonds is 7. The molecule has 1 heterocycles. The zero-order chi connectivity index (χ0) is 19.9. The van der Waals surface area contributed by atoms with Gasteiger partial charge in [-0.15, -0.1) is 0 Å². The van der Waals surface area contributed by atoms with Gasteiger partial charge in [0.15, 0.2) is 0 Å². The summed E-state index contributed by atoms with van der Waals surface area (Å²) < 4.78 is 1.69. The van der Waals surface area contributed by atoms with Crippen LogP contribution in [0.25, 0.3) is 0 Å². The van der Waals surface area contributed by atoms with Crippen molar-refractivity contribution in [3.05, 3.63) is 88.2 Å². The average Bonchev–Trinajstić information content (AvgIpc) is 3.13. The monoisotopic (exact) mass is 379 g/mol. The Morgan fingerprint density at radius 2 is 1.89 bits per heavy atom. The van der Waals surface area contributed by atoms with Gasteiger partial charge in [-0.05, 0) is 11.6 Å². The fourth-order valence-corrected chi connectivity index (χ4v) is 2.51. The highest BCUT2D eigenvalue weighted by Gasteiger charge is 2.13. The third kappa shape index (κ3) is 5.01. The summed E-state index contributed by atoms with van der Waals surface area (Å²) in [7, 11) is 0. The van der Waals surface area contributed by atoms with E-state index in [0.717, 1.165) is 11.6 Å². The summed E-state index contributed by atoms with van der Waals surface area (Å²) in [4.78, 5) is 34.3. The lowest BCUT2D eigenvalue weighted by molar-refractivity contribution is -0.384. The molecule has 0 bridgehead atoms. The van der Waals surface area contributed by atoms with Crippen LogP contribution < -0.4 is 10.6 Å². The van der Waals surface area contributed by atoms with Crippen LogP contribution in [-0.2, 0) is 11.3 Å². The van der Waals surface area contributed by atoms with Crippen molar-refractivity contribution in [2.24, 2.45) is 0 Å². The fraction of sp³-hybridized carbons (Fsp3) is 0.105. The molecule has 1 aromatic heterocycles. The van der Waals surface area contributed by atoms with Crippen LogP contribution in [0.15, 0.2) is 67.0 Å². The van der Waals surface area contributed by atoms with Gasteiger partial charge in [0, 0.05) is 23.9 Å². The van der Waals surface area contributed by atoms with Crippen LogP contribution in [0.4, 0.5) is 11.4 Å². The Morgan fingerprint density at radius 3 is 2.64 bits per heavy atom. The number of carbonyl (C=O) groups excluding carboxylic acids is 2. The summed E-state index contributed by atoms with van der Waals surface area (Å²) in [6, 6.07) is 15.0. The highest BCUT2D eigenvalue weighted by atomic mass is 16.6. The molecule has 0 saturated carbocycles. The second-order valence-corrected chi connectivity index (χ2v) is 5.95. The summed E-state index contributed by atoms with van der Waals surface area (Å²) in [5.41, 5.74) is 1.50. The second kappa shape index (κ2) is 8.58. The third-order valence-corrected chi connectivity index (χ3v) is 3.83. The summed E-state index contributed by atoms with van der Waals surface area (Å²) in [6.45, 7) is 0.297. The van der Waals surface area contributed by atoms with Gasteiger partial charge in [0.05, 0.1) is 29.9 Å². The maximum Gasteiger partial charge on any atom is 0.270 e. The SMILES string of the molecule is O=C(CNC(=O)c1cccc([N+](=O)[O-])c1)Nc1cnn(Cc2ccccc2)c1. The summed E-state index contributed by atoms with van der Waals surface area (Å²) in [5.74, 6) is -1.00. The number of nitrogens with zero attached hydrogens (tertiary/aromatic N) is 3. The number of nitro groups is 1. The van der Waals surface area contributed by atoms with Gasteiger partial charge in [-0.2, -0.15) is 5.10 Å². The minimum atomic E-state index is -0.587. The number of amides is 2. The molecule has 2 aromatic carbocycles. The molecule has 0 radical (unpaired) electrons. The highest BCUT2D eigenvalue weighted by Crippen LogP contribution is 2.13. The quantitative estimate of drug-likeness (QED) is 0.482. The number of hydrogen-bond acceptors (Lipinski definition) is 5. The maximum atomic E-state index is 12.1. The molecule has 0 spiro atoms. The molecule has 28 heavy (non-hydrogen) atoms. The molecule has 0 aliphatic carbocycles. The van der Waals surface area contributed by atoms with Crippen LogP contribution >= 0.6 is 0 Å². The van der Waals surface area contributed by atoms with Crippen LogP contribution in [0.3, 0.4) is 0 Å². The van der Waals surface area contributed by atoms with E-state index >= 15 is 0 Å². The summed E-state index contributed by atoms with van der Waals surface area (Å²) in [5, 5.41) is 20.0. The number of anilines is 1. The van der Waals surface area contributed by atoms with Crippen molar-refractivity contribution in [2.45, 2.75) is 6.54 Å². The van der Waals surface area contributed by atoms with Gasteiger partial charge in [0.25, 0.3) is 11.6 Å². The lowest BCUT2D eigenvalue weighted by atomic mass is 10.2. The van der Waals surface area contributed by atoms with Crippen LogP contribution in [-0.4, -0.2) is 33.1 Å². The van der Waals surface area contributed by atoms with Crippen LogP contribution in [0, 0.1) is 10.1 Å². The van der Waals surface area contributed by atoms with E-state index in [1.807, 2.05) is 30.3 Å². The molecule has 0 saturated heterocycles. The summed E-state index contributed by atoms with van der Waals surface area (Å²) >= 11 is 0. The van der Waals surface area contributed by atoms with Gasteiger partial charge >= 0.3 is 0 Å². The number of carbonyl (C=O) groups is 2. The Hall–Kier alpha value is -4.01. The van der Waals surface area contributed by atoms with Gasteiger partial charge in [0.1, 0.15) is 0 Å². The maximum absolute atomic E-state index is 12.1. The second-order valence-electron chi connectivity index (χ2n) is 5.95. The lowest BCUT2D eigenvalue weighted by Gasteiger charge is -2.05. The van der Waals surface area contributed by atoms with Crippen molar-refractivity contribution in [1.29, 1.82) is 0 Å². The molecule has 0 aliphatic rings. The van der Waals surface area contributed by atoms with E-state index in [0.29, 0.717) is 12.2 Å².